The van der Waals surface area contributed by atoms with Crippen LogP contribution in [0.25, 0.3) is 0 Å². The maximum Gasteiger partial charge on any atom is 0.237 e. The Labute approximate surface area is 205 Å². The second-order valence-corrected chi connectivity index (χ2v) is 9.75. The topological polar surface area (TPSA) is 39.7 Å². The van der Waals surface area contributed by atoms with Gasteiger partial charge in [0.25, 0.3) is 0 Å². The number of likely N-dealkylation sites (N-methyl/N-ethyl adjacent to an activating group) is 1. The number of pyridine rings is 1. The van der Waals surface area contributed by atoms with Crippen LogP contribution in [0.4, 0.5) is 15.9 Å². The summed E-state index contributed by atoms with van der Waals surface area (Å²) in [6.07, 6.45) is 1.83. The standard InChI is InChI=1S/C27H30ClFN4O/c1-27(2,21-5-7-22(28)8-6-21)26(34)33(24-11-9-23(29)10-12-24)19-20-4-13-25(30-18-20)32-16-14-31(3)15-17-32/h4-13,18H,14-17,19H2,1-3H3. The van der Waals surface area contributed by atoms with Crippen molar-refractivity contribution in [1.29, 1.82) is 0 Å². The van der Waals surface area contributed by atoms with Crippen molar-refractivity contribution in [3.8, 4) is 0 Å². The summed E-state index contributed by atoms with van der Waals surface area (Å²) in [5, 5.41) is 0.619. The van der Waals surface area contributed by atoms with Gasteiger partial charge >= 0.3 is 0 Å². The zero-order valence-electron chi connectivity index (χ0n) is 19.8. The van der Waals surface area contributed by atoms with Crippen LogP contribution in [0.15, 0.2) is 66.9 Å². The summed E-state index contributed by atoms with van der Waals surface area (Å²) in [7, 11) is 2.13. The van der Waals surface area contributed by atoms with Crippen LogP contribution in [0.3, 0.4) is 0 Å². The van der Waals surface area contributed by atoms with Crippen LogP contribution < -0.4 is 9.80 Å². The fourth-order valence-corrected chi connectivity index (χ4v) is 4.27. The molecule has 1 aliphatic rings. The minimum Gasteiger partial charge on any atom is -0.354 e. The normalized spacial score (nSPS) is 14.8. The van der Waals surface area contributed by atoms with Crippen LogP contribution in [0.2, 0.25) is 5.02 Å². The zero-order valence-corrected chi connectivity index (χ0v) is 20.6. The van der Waals surface area contributed by atoms with Gasteiger partial charge in [-0.25, -0.2) is 9.37 Å². The molecular formula is C27H30ClFN4O. The number of carbonyl (C=O) groups is 1. The quantitative estimate of drug-likeness (QED) is 0.490. The van der Waals surface area contributed by atoms with E-state index < -0.39 is 5.41 Å². The second-order valence-electron chi connectivity index (χ2n) is 9.31. The molecule has 0 unspecified atom stereocenters. The predicted octanol–water partition coefficient (Wildman–Crippen LogP) is 5.14. The monoisotopic (exact) mass is 480 g/mol. The fraction of sp³-hybridized carbons (Fsp3) is 0.333. The van der Waals surface area contributed by atoms with Crippen molar-refractivity contribution < 1.29 is 9.18 Å². The summed E-state index contributed by atoms with van der Waals surface area (Å²) in [6, 6.07) is 17.4. The van der Waals surface area contributed by atoms with Crippen LogP contribution in [0.1, 0.15) is 25.0 Å². The van der Waals surface area contributed by atoms with Gasteiger partial charge < -0.3 is 14.7 Å². The highest BCUT2D eigenvalue weighted by molar-refractivity contribution is 6.30. The highest BCUT2D eigenvalue weighted by Gasteiger charge is 2.34. The van der Waals surface area contributed by atoms with Gasteiger partial charge in [0.1, 0.15) is 11.6 Å². The van der Waals surface area contributed by atoms with Gasteiger partial charge in [-0.3, -0.25) is 4.79 Å². The minimum atomic E-state index is -0.813. The Morgan fingerprint density at radius 2 is 1.65 bits per heavy atom. The fourth-order valence-electron chi connectivity index (χ4n) is 4.14. The number of nitrogens with zero attached hydrogens (tertiary/aromatic N) is 4. The van der Waals surface area contributed by atoms with E-state index in [1.54, 1.807) is 29.2 Å². The molecule has 1 aliphatic heterocycles. The van der Waals surface area contributed by atoms with Gasteiger partial charge in [-0.05, 0) is 74.5 Å². The van der Waals surface area contributed by atoms with Crippen LogP contribution in [-0.4, -0.2) is 49.0 Å². The van der Waals surface area contributed by atoms with Crippen molar-refractivity contribution in [2.45, 2.75) is 25.8 Å². The van der Waals surface area contributed by atoms with E-state index in [0.717, 1.165) is 43.1 Å². The molecule has 1 aromatic heterocycles. The average molecular weight is 481 g/mol. The largest absolute Gasteiger partial charge is 0.354 e. The first-order valence-electron chi connectivity index (χ1n) is 11.5. The Balaban J connectivity index is 1.59. The van der Waals surface area contributed by atoms with Gasteiger partial charge in [-0.1, -0.05) is 29.8 Å². The molecular weight excluding hydrogens is 451 g/mol. The van der Waals surface area contributed by atoms with Crippen molar-refractivity contribution in [3.63, 3.8) is 0 Å². The van der Waals surface area contributed by atoms with Gasteiger partial charge in [0, 0.05) is 43.1 Å². The third-order valence-electron chi connectivity index (χ3n) is 6.46. The lowest BCUT2D eigenvalue weighted by molar-refractivity contribution is -0.123. The molecule has 4 rings (SSSR count). The van der Waals surface area contributed by atoms with E-state index in [1.807, 2.05) is 44.3 Å². The summed E-state index contributed by atoms with van der Waals surface area (Å²) in [6.45, 7) is 8.02. The number of hydrogen-bond donors (Lipinski definition) is 0. The summed E-state index contributed by atoms with van der Waals surface area (Å²) in [4.78, 5) is 24.8. The van der Waals surface area contributed by atoms with Crippen LogP contribution in [0.5, 0.6) is 0 Å². The lowest BCUT2D eigenvalue weighted by Crippen LogP contribution is -2.45. The van der Waals surface area contributed by atoms with E-state index >= 15 is 0 Å². The first kappa shape index (κ1) is 24.2. The first-order valence-corrected chi connectivity index (χ1v) is 11.8. The maximum absolute atomic E-state index is 13.9. The molecule has 2 aromatic carbocycles. The number of anilines is 2. The molecule has 3 aromatic rings. The number of amides is 1. The van der Waals surface area contributed by atoms with E-state index in [9.17, 15) is 9.18 Å². The molecule has 178 valence electrons. The van der Waals surface area contributed by atoms with Crippen molar-refractivity contribution in [2.75, 3.05) is 43.0 Å². The van der Waals surface area contributed by atoms with Gasteiger partial charge in [0.2, 0.25) is 5.91 Å². The van der Waals surface area contributed by atoms with E-state index in [-0.39, 0.29) is 11.7 Å². The van der Waals surface area contributed by atoms with Gasteiger partial charge in [-0.2, -0.15) is 0 Å². The van der Waals surface area contributed by atoms with Crippen LogP contribution in [-0.2, 0) is 16.8 Å². The number of carbonyl (C=O) groups excluding carboxylic acids is 1. The number of benzene rings is 2. The Morgan fingerprint density at radius 1 is 1.00 bits per heavy atom. The molecule has 1 fully saturated rings. The van der Waals surface area contributed by atoms with Crippen molar-refractivity contribution >= 4 is 29.0 Å². The molecule has 0 aliphatic carbocycles. The minimum absolute atomic E-state index is 0.0930. The Morgan fingerprint density at radius 3 is 2.24 bits per heavy atom. The molecule has 5 nitrogen and oxygen atoms in total. The number of hydrogen-bond acceptors (Lipinski definition) is 4. The van der Waals surface area contributed by atoms with Gasteiger partial charge in [0.15, 0.2) is 0 Å². The number of halogens is 2. The van der Waals surface area contributed by atoms with Crippen LogP contribution in [0, 0.1) is 5.82 Å². The summed E-state index contributed by atoms with van der Waals surface area (Å²) < 4.78 is 13.6. The zero-order chi connectivity index (χ0) is 24.3. The van der Waals surface area contributed by atoms with Gasteiger partial charge in [-0.15, -0.1) is 0 Å². The molecule has 1 saturated heterocycles. The van der Waals surface area contributed by atoms with Gasteiger partial charge in [0.05, 0.1) is 12.0 Å². The Kier molecular flexibility index (Phi) is 7.19. The average Bonchev–Trinajstić information content (AvgIpc) is 2.84. The molecule has 34 heavy (non-hydrogen) atoms. The summed E-state index contributed by atoms with van der Waals surface area (Å²) in [5.41, 5.74) is 1.59. The SMILES string of the molecule is CN1CCN(c2ccc(CN(C(=O)C(C)(C)c3ccc(Cl)cc3)c3ccc(F)cc3)cn2)CC1. The van der Waals surface area contributed by atoms with E-state index in [1.165, 1.54) is 12.1 Å². The number of piperazine rings is 1. The number of rotatable bonds is 6. The molecule has 0 atom stereocenters. The maximum atomic E-state index is 13.9. The van der Waals surface area contributed by atoms with Crippen molar-refractivity contribution in [1.82, 2.24) is 9.88 Å². The third kappa shape index (κ3) is 5.40. The molecule has 1 amide bonds. The summed E-state index contributed by atoms with van der Waals surface area (Å²) >= 11 is 6.05. The third-order valence-corrected chi connectivity index (χ3v) is 6.71. The molecule has 2 heterocycles. The molecule has 0 saturated carbocycles. The Bertz CT molecular complexity index is 1110. The Hall–Kier alpha value is -2.96. The van der Waals surface area contributed by atoms with E-state index in [2.05, 4.69) is 21.8 Å². The van der Waals surface area contributed by atoms with Crippen molar-refractivity contribution in [3.05, 3.63) is 88.8 Å². The van der Waals surface area contributed by atoms with Crippen molar-refractivity contribution in [2.24, 2.45) is 0 Å². The van der Waals surface area contributed by atoms with Crippen LogP contribution >= 0.6 is 11.6 Å². The number of aromatic nitrogens is 1. The smallest absolute Gasteiger partial charge is 0.237 e. The lowest BCUT2D eigenvalue weighted by Gasteiger charge is -2.34. The van der Waals surface area contributed by atoms with E-state index in [0.29, 0.717) is 17.3 Å². The second kappa shape index (κ2) is 10.1. The predicted molar refractivity (Wildman–Crippen MR) is 136 cm³/mol. The van der Waals surface area contributed by atoms with E-state index in [4.69, 9.17) is 11.6 Å². The molecule has 0 bridgehead atoms. The lowest BCUT2D eigenvalue weighted by atomic mass is 9.83. The highest BCUT2D eigenvalue weighted by atomic mass is 35.5. The summed E-state index contributed by atoms with van der Waals surface area (Å²) in [5.74, 6) is 0.508. The molecule has 7 heteroatoms. The highest BCUT2D eigenvalue weighted by Crippen LogP contribution is 2.31. The molecule has 0 N–H and O–H groups in total. The first-order chi connectivity index (χ1) is 16.2. The molecule has 0 spiro atoms. The molecule has 0 radical (unpaired) electrons.